The molecule has 0 radical (unpaired) electrons. The van der Waals surface area contributed by atoms with Gasteiger partial charge in [-0.2, -0.15) is 11.3 Å². The van der Waals surface area contributed by atoms with E-state index in [1.54, 1.807) is 11.3 Å². The van der Waals surface area contributed by atoms with Crippen LogP contribution < -0.4 is 0 Å². The Labute approximate surface area is 175 Å². The molecular weight excluding hydrogens is 386 g/mol. The van der Waals surface area contributed by atoms with E-state index in [2.05, 4.69) is 55.6 Å². The summed E-state index contributed by atoms with van der Waals surface area (Å²) in [7, 11) is -1.81. The number of carboxylic acids is 1. The summed E-state index contributed by atoms with van der Waals surface area (Å²) in [4.78, 5) is 14.3. The van der Waals surface area contributed by atoms with Crippen molar-refractivity contribution in [1.82, 2.24) is 4.90 Å². The summed E-state index contributed by atoms with van der Waals surface area (Å²) < 4.78 is 6.58. The summed E-state index contributed by atoms with van der Waals surface area (Å²) in [6.45, 7) is 13.8. The van der Waals surface area contributed by atoms with E-state index >= 15 is 0 Å². The highest BCUT2D eigenvalue weighted by Gasteiger charge is 2.43. The molecule has 0 amide bonds. The van der Waals surface area contributed by atoms with Crippen molar-refractivity contribution in [3.63, 3.8) is 0 Å². The van der Waals surface area contributed by atoms with Gasteiger partial charge in [-0.1, -0.05) is 40.0 Å². The molecule has 6 heteroatoms. The van der Waals surface area contributed by atoms with Gasteiger partial charge in [-0.3, -0.25) is 9.69 Å². The monoisotopic (exact) mass is 423 g/mol. The Bertz CT molecular complexity index is 651. The number of carbonyl (C=O) groups is 1. The fraction of sp³-hybridized carbons (Fsp3) is 0.773. The number of hydrogen-bond acceptors (Lipinski definition) is 4. The molecule has 1 saturated carbocycles. The predicted octanol–water partition coefficient (Wildman–Crippen LogP) is 5.43. The number of aliphatic carboxylic acids is 1. The minimum absolute atomic E-state index is 0.191. The van der Waals surface area contributed by atoms with Crippen LogP contribution in [-0.4, -0.2) is 50.0 Å². The second kappa shape index (κ2) is 8.58. The summed E-state index contributed by atoms with van der Waals surface area (Å²) in [6.07, 6.45) is 4.46. The Hall–Kier alpha value is -0.693. The van der Waals surface area contributed by atoms with Crippen molar-refractivity contribution < 1.29 is 14.3 Å². The molecule has 28 heavy (non-hydrogen) atoms. The molecule has 2 fully saturated rings. The van der Waals surface area contributed by atoms with Crippen LogP contribution in [0.4, 0.5) is 0 Å². The minimum Gasteiger partial charge on any atom is -0.480 e. The molecular formula is C22H37NO3SSi. The van der Waals surface area contributed by atoms with Crippen LogP contribution in [0.25, 0.3) is 0 Å². The molecule has 1 N–H and O–H groups in total. The van der Waals surface area contributed by atoms with Crippen molar-refractivity contribution in [3.8, 4) is 0 Å². The summed E-state index contributed by atoms with van der Waals surface area (Å²) in [6, 6.07) is 1.86. The lowest BCUT2D eigenvalue weighted by Crippen LogP contribution is -2.43. The van der Waals surface area contributed by atoms with Gasteiger partial charge in [0.15, 0.2) is 8.32 Å². The molecule has 4 nitrogen and oxygen atoms in total. The Morgan fingerprint density at radius 2 is 2.07 bits per heavy atom. The van der Waals surface area contributed by atoms with Crippen LogP contribution in [0.5, 0.6) is 0 Å². The van der Waals surface area contributed by atoms with E-state index in [1.165, 1.54) is 24.8 Å². The van der Waals surface area contributed by atoms with Gasteiger partial charge in [0.25, 0.3) is 0 Å². The van der Waals surface area contributed by atoms with Gasteiger partial charge >= 0.3 is 5.97 Å². The van der Waals surface area contributed by atoms with E-state index in [1.807, 2.05) is 0 Å². The van der Waals surface area contributed by atoms with Crippen molar-refractivity contribution in [3.05, 3.63) is 22.4 Å². The highest BCUT2D eigenvalue weighted by atomic mass is 32.1. The van der Waals surface area contributed by atoms with E-state index in [0.29, 0.717) is 17.8 Å². The summed E-state index contributed by atoms with van der Waals surface area (Å²) in [5, 5.41) is 14.5. The molecule has 1 aromatic heterocycles. The molecule has 1 aromatic rings. The van der Waals surface area contributed by atoms with E-state index < -0.39 is 14.3 Å². The fourth-order valence-electron chi connectivity index (χ4n) is 4.17. The third kappa shape index (κ3) is 4.89. The number of thiophene rings is 1. The maximum absolute atomic E-state index is 12.0. The number of carboxylic acid groups (broad SMARTS) is 1. The van der Waals surface area contributed by atoms with Crippen molar-refractivity contribution in [1.29, 1.82) is 0 Å². The molecule has 2 unspecified atom stereocenters. The van der Waals surface area contributed by atoms with Crippen molar-refractivity contribution >= 4 is 25.6 Å². The summed E-state index contributed by atoms with van der Waals surface area (Å²) in [5.74, 6) is 0.691. The first-order valence-corrected chi connectivity index (χ1v) is 14.6. The predicted molar refractivity (Wildman–Crippen MR) is 119 cm³/mol. The quantitative estimate of drug-likeness (QED) is 0.567. The zero-order chi connectivity index (χ0) is 20.5. The fourth-order valence-corrected chi connectivity index (χ4v) is 5.96. The van der Waals surface area contributed by atoms with Crippen molar-refractivity contribution in [2.24, 2.45) is 11.8 Å². The Morgan fingerprint density at radius 3 is 2.57 bits per heavy atom. The average molecular weight is 424 g/mol. The minimum atomic E-state index is -1.81. The smallest absolute Gasteiger partial charge is 0.320 e. The van der Waals surface area contributed by atoms with Gasteiger partial charge in [-0.25, -0.2) is 0 Å². The molecule has 3 rings (SSSR count). The van der Waals surface area contributed by atoms with E-state index in [0.717, 1.165) is 26.1 Å². The molecule has 1 saturated heterocycles. The average Bonchev–Trinajstić information content (AvgIpc) is 3.19. The van der Waals surface area contributed by atoms with Gasteiger partial charge in [0.05, 0.1) is 0 Å². The highest BCUT2D eigenvalue weighted by Crippen LogP contribution is 2.41. The number of likely N-dealkylation sites (tertiary alicyclic amines) is 1. The van der Waals surface area contributed by atoms with Gasteiger partial charge in [0, 0.05) is 31.5 Å². The lowest BCUT2D eigenvalue weighted by Gasteiger charge is -2.37. The lowest BCUT2D eigenvalue weighted by atomic mass is 9.80. The summed E-state index contributed by atoms with van der Waals surface area (Å²) >= 11 is 1.73. The van der Waals surface area contributed by atoms with Gasteiger partial charge in [0.2, 0.25) is 0 Å². The number of hydrogen-bond donors (Lipinski definition) is 1. The van der Waals surface area contributed by atoms with Crippen LogP contribution >= 0.6 is 11.3 Å². The number of rotatable bonds is 8. The van der Waals surface area contributed by atoms with Crippen LogP contribution in [0.2, 0.25) is 18.1 Å². The third-order valence-electron chi connectivity index (χ3n) is 7.41. The van der Waals surface area contributed by atoms with Gasteiger partial charge in [-0.05, 0) is 52.9 Å². The second-order valence-corrected chi connectivity index (χ2v) is 15.9. The molecule has 3 atom stereocenters. The van der Waals surface area contributed by atoms with Crippen molar-refractivity contribution in [2.45, 2.75) is 76.5 Å². The first kappa shape index (κ1) is 22.0. The standard InChI is InChI=1S/C22H37NO3SSi/c1-22(2,3)28(4,5)26-14-18-12-23(13-19(18)17-9-10-27-15-17)20(21(24)25)11-16-7-6-8-16/h9-10,15-16,18-20H,6-8,11-14H2,1-5H3,(H,24,25)/t18?,19?,20-/m1/s1. The van der Waals surface area contributed by atoms with Crippen LogP contribution in [0.15, 0.2) is 16.8 Å². The Morgan fingerprint density at radius 1 is 1.36 bits per heavy atom. The van der Waals surface area contributed by atoms with E-state index in [-0.39, 0.29) is 11.1 Å². The first-order chi connectivity index (χ1) is 13.1. The van der Waals surface area contributed by atoms with E-state index in [9.17, 15) is 9.90 Å². The van der Waals surface area contributed by atoms with Crippen LogP contribution in [0.1, 0.15) is 57.9 Å². The molecule has 1 aliphatic heterocycles. The maximum atomic E-state index is 12.0. The molecule has 0 bridgehead atoms. The second-order valence-electron chi connectivity index (χ2n) is 10.3. The third-order valence-corrected chi connectivity index (χ3v) is 12.6. The summed E-state index contributed by atoms with van der Waals surface area (Å²) in [5.41, 5.74) is 1.35. The molecule has 1 aliphatic carbocycles. The Balaban J connectivity index is 1.72. The first-order valence-electron chi connectivity index (χ1n) is 10.7. The normalized spacial score (nSPS) is 25.6. The zero-order valence-electron chi connectivity index (χ0n) is 18.1. The lowest BCUT2D eigenvalue weighted by molar-refractivity contribution is -0.144. The highest BCUT2D eigenvalue weighted by molar-refractivity contribution is 7.08. The molecule has 2 aliphatic rings. The van der Waals surface area contributed by atoms with Gasteiger partial charge < -0.3 is 9.53 Å². The molecule has 0 aromatic carbocycles. The van der Waals surface area contributed by atoms with Crippen LogP contribution in [0, 0.1) is 11.8 Å². The van der Waals surface area contributed by atoms with Crippen LogP contribution in [0.3, 0.4) is 0 Å². The van der Waals surface area contributed by atoms with Gasteiger partial charge in [0.1, 0.15) is 6.04 Å². The van der Waals surface area contributed by atoms with Crippen molar-refractivity contribution in [2.75, 3.05) is 19.7 Å². The molecule has 0 spiro atoms. The molecule has 158 valence electrons. The Kier molecular flexibility index (Phi) is 6.74. The molecule has 2 heterocycles. The maximum Gasteiger partial charge on any atom is 0.320 e. The topological polar surface area (TPSA) is 49.8 Å². The zero-order valence-corrected chi connectivity index (χ0v) is 19.9. The largest absolute Gasteiger partial charge is 0.480 e. The SMILES string of the molecule is CC(C)(C)[Si](C)(C)OCC1CN([C@H](CC2CCC2)C(=O)O)CC1c1ccsc1. The van der Waals surface area contributed by atoms with Crippen LogP contribution in [-0.2, 0) is 9.22 Å². The number of nitrogens with zero attached hydrogens (tertiary/aromatic N) is 1. The van der Waals surface area contributed by atoms with Gasteiger partial charge in [-0.15, -0.1) is 0 Å². The van der Waals surface area contributed by atoms with E-state index in [4.69, 9.17) is 4.43 Å².